The molecule has 3 heterocycles. The van der Waals surface area contributed by atoms with Crippen molar-refractivity contribution < 1.29 is 23.9 Å². The number of nitrogens with zero attached hydrogens (tertiary/aromatic N) is 2. The standard InChI is InChI=1S/C27H31N3O5/c1-4-34-25(32)18-10-12-29(13-11-18)24(31)19-6-5-7-20(15-19)30-26(33)28-22-16-27(30,3)35-23-9-8-17(2)14-21(22)23/h5-9,14-15,18,22H,4,10-13,16H2,1-3H3,(H,28,33)/t22-,27+/m0/s1. The Kier molecular flexibility index (Phi) is 5.91. The van der Waals surface area contributed by atoms with Gasteiger partial charge in [-0.2, -0.15) is 0 Å². The Labute approximate surface area is 205 Å². The minimum atomic E-state index is -0.880. The third kappa shape index (κ3) is 4.22. The number of anilines is 1. The van der Waals surface area contributed by atoms with Crippen LogP contribution in [0.3, 0.4) is 0 Å². The van der Waals surface area contributed by atoms with Crippen molar-refractivity contribution in [3.05, 3.63) is 59.2 Å². The summed E-state index contributed by atoms with van der Waals surface area (Å²) in [5.74, 6) is 0.301. The molecule has 184 valence electrons. The molecule has 0 saturated carbocycles. The lowest BCUT2D eigenvalue weighted by molar-refractivity contribution is -0.149. The number of urea groups is 1. The highest BCUT2D eigenvalue weighted by molar-refractivity contribution is 5.99. The summed E-state index contributed by atoms with van der Waals surface area (Å²) in [7, 11) is 0. The van der Waals surface area contributed by atoms with Crippen molar-refractivity contribution in [1.29, 1.82) is 0 Å². The van der Waals surface area contributed by atoms with Crippen LogP contribution >= 0.6 is 0 Å². The summed E-state index contributed by atoms with van der Waals surface area (Å²) in [6.07, 6.45) is 1.77. The number of hydrogen-bond acceptors (Lipinski definition) is 5. The van der Waals surface area contributed by atoms with E-state index in [-0.39, 0.29) is 29.9 Å². The fourth-order valence-electron chi connectivity index (χ4n) is 5.42. The second-order valence-electron chi connectivity index (χ2n) is 9.73. The van der Waals surface area contributed by atoms with E-state index in [9.17, 15) is 14.4 Å². The summed E-state index contributed by atoms with van der Waals surface area (Å²) in [5.41, 5.74) is 2.33. The molecule has 8 heteroatoms. The zero-order valence-corrected chi connectivity index (χ0v) is 20.4. The Balaban J connectivity index is 1.35. The third-order valence-corrected chi connectivity index (χ3v) is 7.18. The monoisotopic (exact) mass is 477 g/mol. The van der Waals surface area contributed by atoms with Crippen molar-refractivity contribution in [3.63, 3.8) is 0 Å². The highest BCUT2D eigenvalue weighted by atomic mass is 16.5. The third-order valence-electron chi connectivity index (χ3n) is 7.18. The average Bonchev–Trinajstić information content (AvgIpc) is 2.84. The summed E-state index contributed by atoms with van der Waals surface area (Å²) >= 11 is 0. The summed E-state index contributed by atoms with van der Waals surface area (Å²) in [6.45, 7) is 7.09. The van der Waals surface area contributed by atoms with Gasteiger partial charge in [0.25, 0.3) is 5.91 Å². The van der Waals surface area contributed by atoms with Crippen LogP contribution in [0.25, 0.3) is 0 Å². The van der Waals surface area contributed by atoms with Gasteiger partial charge in [0.15, 0.2) is 5.72 Å². The Hall–Kier alpha value is -3.55. The number of amides is 3. The van der Waals surface area contributed by atoms with Gasteiger partial charge in [-0.3, -0.25) is 14.5 Å². The molecule has 1 N–H and O–H groups in total. The smallest absolute Gasteiger partial charge is 0.325 e. The number of carbonyl (C=O) groups excluding carboxylic acids is 3. The second kappa shape index (κ2) is 8.91. The topological polar surface area (TPSA) is 88.2 Å². The lowest BCUT2D eigenvalue weighted by atomic mass is 9.89. The molecule has 0 aromatic heterocycles. The van der Waals surface area contributed by atoms with E-state index in [1.807, 2.05) is 32.0 Å². The first-order valence-electron chi connectivity index (χ1n) is 12.3. The van der Waals surface area contributed by atoms with Crippen molar-refractivity contribution in [2.45, 2.75) is 51.8 Å². The molecule has 3 amide bonds. The van der Waals surface area contributed by atoms with Gasteiger partial charge in [0.1, 0.15) is 5.75 Å². The van der Waals surface area contributed by atoms with Crippen LogP contribution in [0.2, 0.25) is 0 Å². The maximum Gasteiger partial charge on any atom is 0.325 e. The molecule has 2 atom stereocenters. The Bertz CT molecular complexity index is 1170. The van der Waals surface area contributed by atoms with E-state index in [1.54, 1.807) is 34.9 Å². The minimum absolute atomic E-state index is 0.111. The maximum absolute atomic E-state index is 13.3. The van der Waals surface area contributed by atoms with Gasteiger partial charge >= 0.3 is 12.0 Å². The SMILES string of the molecule is CCOC(=O)C1CCN(C(=O)c2cccc(N3C(=O)N[C@H]4C[C@@]3(C)Oc3ccc(C)cc34)c2)CC1. The molecule has 2 saturated heterocycles. The molecule has 2 bridgehead atoms. The summed E-state index contributed by atoms with van der Waals surface area (Å²) in [4.78, 5) is 41.9. The first-order valence-corrected chi connectivity index (χ1v) is 12.3. The first-order chi connectivity index (χ1) is 16.8. The molecule has 0 aliphatic carbocycles. The van der Waals surface area contributed by atoms with Crippen LogP contribution < -0.4 is 15.0 Å². The van der Waals surface area contributed by atoms with Gasteiger partial charge in [0.05, 0.1) is 24.3 Å². The number of piperidine rings is 1. The van der Waals surface area contributed by atoms with Gasteiger partial charge in [-0.05, 0) is 57.9 Å². The number of fused-ring (bicyclic) bond motifs is 4. The van der Waals surface area contributed by atoms with Crippen LogP contribution in [0, 0.1) is 12.8 Å². The van der Waals surface area contributed by atoms with Gasteiger partial charge < -0.3 is 19.7 Å². The molecule has 3 aliphatic rings. The highest BCUT2D eigenvalue weighted by Crippen LogP contribution is 2.45. The molecule has 5 rings (SSSR count). The molecule has 2 aromatic rings. The van der Waals surface area contributed by atoms with Crippen molar-refractivity contribution >= 4 is 23.6 Å². The number of aryl methyl sites for hydroxylation is 1. The van der Waals surface area contributed by atoms with E-state index in [4.69, 9.17) is 9.47 Å². The number of carbonyl (C=O) groups is 3. The molecule has 35 heavy (non-hydrogen) atoms. The van der Waals surface area contributed by atoms with E-state index in [0.717, 1.165) is 16.9 Å². The van der Waals surface area contributed by atoms with Crippen molar-refractivity contribution in [1.82, 2.24) is 10.2 Å². The van der Waals surface area contributed by atoms with Crippen molar-refractivity contribution in [3.8, 4) is 5.75 Å². The molecule has 2 fully saturated rings. The Morgan fingerprint density at radius 3 is 2.69 bits per heavy atom. The largest absolute Gasteiger partial charge is 0.467 e. The van der Waals surface area contributed by atoms with Gasteiger partial charge in [-0.25, -0.2) is 4.79 Å². The van der Waals surface area contributed by atoms with Gasteiger partial charge in [0, 0.05) is 30.6 Å². The number of benzene rings is 2. The maximum atomic E-state index is 13.3. The van der Waals surface area contributed by atoms with Gasteiger partial charge in [0.2, 0.25) is 0 Å². The van der Waals surface area contributed by atoms with E-state index in [1.165, 1.54) is 0 Å². The van der Waals surface area contributed by atoms with E-state index in [0.29, 0.717) is 50.2 Å². The Morgan fingerprint density at radius 2 is 1.94 bits per heavy atom. The van der Waals surface area contributed by atoms with Crippen LogP contribution in [-0.4, -0.2) is 48.2 Å². The zero-order valence-electron chi connectivity index (χ0n) is 20.4. The summed E-state index contributed by atoms with van der Waals surface area (Å²) in [5, 5.41) is 3.11. The molecule has 3 aliphatic heterocycles. The van der Waals surface area contributed by atoms with E-state index >= 15 is 0 Å². The van der Waals surface area contributed by atoms with Crippen molar-refractivity contribution in [2.75, 3.05) is 24.6 Å². The van der Waals surface area contributed by atoms with Crippen LogP contribution in [0.1, 0.15) is 60.6 Å². The number of ether oxygens (including phenoxy) is 2. The fourth-order valence-corrected chi connectivity index (χ4v) is 5.42. The molecule has 0 radical (unpaired) electrons. The van der Waals surface area contributed by atoms with Crippen LogP contribution in [0.15, 0.2) is 42.5 Å². The lowest BCUT2D eigenvalue weighted by Crippen LogP contribution is -2.65. The number of hydrogen-bond donors (Lipinski definition) is 1. The molecule has 0 spiro atoms. The van der Waals surface area contributed by atoms with E-state index < -0.39 is 5.72 Å². The molecular weight excluding hydrogens is 446 g/mol. The quantitative estimate of drug-likeness (QED) is 0.668. The number of likely N-dealkylation sites (tertiary alicyclic amines) is 1. The lowest BCUT2D eigenvalue weighted by Gasteiger charge is -2.50. The highest BCUT2D eigenvalue weighted by Gasteiger charge is 2.50. The van der Waals surface area contributed by atoms with E-state index in [2.05, 4.69) is 11.4 Å². The molecule has 8 nitrogen and oxygen atoms in total. The van der Waals surface area contributed by atoms with Crippen molar-refractivity contribution in [2.24, 2.45) is 5.92 Å². The average molecular weight is 478 g/mol. The van der Waals surface area contributed by atoms with Gasteiger partial charge in [-0.15, -0.1) is 0 Å². The fraction of sp³-hybridized carbons (Fsp3) is 0.444. The molecule has 0 unspecified atom stereocenters. The minimum Gasteiger partial charge on any atom is -0.467 e. The second-order valence-corrected chi connectivity index (χ2v) is 9.73. The van der Waals surface area contributed by atoms with Crippen LogP contribution in [-0.2, 0) is 9.53 Å². The van der Waals surface area contributed by atoms with Gasteiger partial charge in [-0.1, -0.05) is 23.8 Å². The number of nitrogens with one attached hydrogen (secondary N) is 1. The normalized spacial score (nSPS) is 23.7. The number of esters is 1. The van der Waals surface area contributed by atoms with Crippen LogP contribution in [0.4, 0.5) is 10.5 Å². The van der Waals surface area contributed by atoms with Crippen LogP contribution in [0.5, 0.6) is 5.75 Å². The summed E-state index contributed by atoms with van der Waals surface area (Å²) in [6, 6.07) is 12.7. The predicted molar refractivity (Wildman–Crippen MR) is 130 cm³/mol. The Morgan fingerprint density at radius 1 is 1.17 bits per heavy atom. The zero-order chi connectivity index (χ0) is 24.7. The number of rotatable bonds is 4. The summed E-state index contributed by atoms with van der Waals surface area (Å²) < 4.78 is 11.5. The molecular formula is C27H31N3O5. The predicted octanol–water partition coefficient (Wildman–Crippen LogP) is 4.18. The first kappa shape index (κ1) is 23.2. The molecule has 2 aromatic carbocycles.